The second kappa shape index (κ2) is 9.69. The summed E-state index contributed by atoms with van der Waals surface area (Å²) in [5.41, 5.74) is 7.31. The maximum absolute atomic E-state index is 4.65. The molecule has 0 bridgehead atoms. The van der Waals surface area contributed by atoms with Gasteiger partial charge in [0.2, 0.25) is 0 Å². The monoisotopic (exact) mass is 425 g/mol. The van der Waals surface area contributed by atoms with Crippen molar-refractivity contribution in [2.75, 3.05) is 13.1 Å². The van der Waals surface area contributed by atoms with Crippen LogP contribution in [-0.4, -0.2) is 38.2 Å². The quantitative estimate of drug-likeness (QED) is 0.575. The average Bonchev–Trinajstić information content (AvgIpc) is 3.41. The van der Waals surface area contributed by atoms with Gasteiger partial charge in [0.25, 0.3) is 0 Å². The summed E-state index contributed by atoms with van der Waals surface area (Å²) in [6.07, 6.45) is 15.5. The lowest BCUT2D eigenvalue weighted by molar-refractivity contribution is 0.326. The van der Waals surface area contributed by atoms with E-state index in [9.17, 15) is 0 Å². The topological polar surface area (TPSA) is 60.6 Å². The van der Waals surface area contributed by atoms with Crippen LogP contribution in [0.3, 0.4) is 0 Å². The minimum Gasteiger partial charge on any atom is -0.371 e. The van der Waals surface area contributed by atoms with Crippen LogP contribution in [0.2, 0.25) is 0 Å². The van der Waals surface area contributed by atoms with Crippen molar-refractivity contribution in [1.82, 2.24) is 25.1 Å². The van der Waals surface area contributed by atoms with Gasteiger partial charge in [-0.1, -0.05) is 31.4 Å². The third kappa shape index (κ3) is 4.37. The van der Waals surface area contributed by atoms with Crippen molar-refractivity contribution in [2.45, 2.75) is 33.1 Å². The summed E-state index contributed by atoms with van der Waals surface area (Å²) in [6.45, 7) is 14.5. The Morgan fingerprint density at radius 2 is 2.03 bits per heavy atom. The van der Waals surface area contributed by atoms with Crippen LogP contribution in [0.5, 0.6) is 0 Å². The van der Waals surface area contributed by atoms with Crippen molar-refractivity contribution >= 4 is 23.4 Å². The summed E-state index contributed by atoms with van der Waals surface area (Å²) < 4.78 is 0. The summed E-state index contributed by atoms with van der Waals surface area (Å²) >= 11 is 0. The van der Waals surface area contributed by atoms with Crippen molar-refractivity contribution in [1.29, 1.82) is 0 Å². The molecule has 1 fully saturated rings. The predicted molar refractivity (Wildman–Crippen MR) is 134 cm³/mol. The SMILES string of the molecule is C=C/C=C(\c1cc(-c2n[nH]c(=C/C)/c2=C\C(=C)c2cccnc2)[nH]c1C)N1CCCCC1. The van der Waals surface area contributed by atoms with Crippen LogP contribution in [0.25, 0.3) is 34.8 Å². The zero-order valence-electron chi connectivity index (χ0n) is 19.0. The Balaban J connectivity index is 1.78. The number of pyridine rings is 1. The number of nitrogens with zero attached hydrogens (tertiary/aromatic N) is 3. The van der Waals surface area contributed by atoms with E-state index in [1.54, 1.807) is 6.20 Å². The van der Waals surface area contributed by atoms with E-state index in [2.05, 4.69) is 63.4 Å². The van der Waals surface area contributed by atoms with Crippen LogP contribution in [0.15, 0.2) is 55.9 Å². The molecular formula is C27H31N5. The maximum Gasteiger partial charge on any atom is 0.116 e. The molecule has 2 N–H and O–H groups in total. The lowest BCUT2D eigenvalue weighted by atomic mass is 10.1. The molecule has 32 heavy (non-hydrogen) atoms. The van der Waals surface area contributed by atoms with Gasteiger partial charge in [-0.3, -0.25) is 10.1 Å². The third-order valence-corrected chi connectivity index (χ3v) is 5.99. The number of aromatic nitrogens is 4. The molecule has 0 spiro atoms. The Morgan fingerprint density at radius 1 is 1.22 bits per heavy atom. The summed E-state index contributed by atoms with van der Waals surface area (Å²) in [7, 11) is 0. The highest BCUT2D eigenvalue weighted by Gasteiger charge is 2.19. The van der Waals surface area contributed by atoms with Gasteiger partial charge in [0.15, 0.2) is 0 Å². The van der Waals surface area contributed by atoms with Crippen molar-refractivity contribution in [2.24, 2.45) is 0 Å². The number of hydrogen-bond acceptors (Lipinski definition) is 3. The van der Waals surface area contributed by atoms with Crippen LogP contribution >= 0.6 is 0 Å². The molecule has 5 nitrogen and oxygen atoms in total. The van der Waals surface area contributed by atoms with Gasteiger partial charge in [0.05, 0.1) is 11.0 Å². The molecule has 0 unspecified atom stereocenters. The second-order valence-corrected chi connectivity index (χ2v) is 8.16. The first-order valence-electron chi connectivity index (χ1n) is 11.2. The predicted octanol–water partition coefficient (Wildman–Crippen LogP) is 4.42. The summed E-state index contributed by atoms with van der Waals surface area (Å²) in [5, 5.41) is 9.80. The summed E-state index contributed by atoms with van der Waals surface area (Å²) in [5.74, 6) is 0. The molecule has 3 aromatic heterocycles. The first-order valence-corrected chi connectivity index (χ1v) is 11.2. The normalized spacial score (nSPS) is 15.9. The average molecular weight is 426 g/mol. The molecule has 0 amide bonds. The highest BCUT2D eigenvalue weighted by atomic mass is 15.1. The molecule has 0 aromatic carbocycles. The largest absolute Gasteiger partial charge is 0.371 e. The van der Waals surface area contributed by atoms with E-state index >= 15 is 0 Å². The van der Waals surface area contributed by atoms with E-state index < -0.39 is 0 Å². The zero-order valence-corrected chi connectivity index (χ0v) is 19.0. The molecule has 0 saturated carbocycles. The number of aromatic amines is 2. The van der Waals surface area contributed by atoms with Gasteiger partial charge in [0.1, 0.15) is 5.69 Å². The third-order valence-electron chi connectivity index (χ3n) is 5.99. The van der Waals surface area contributed by atoms with Crippen LogP contribution in [0.4, 0.5) is 0 Å². The fourth-order valence-electron chi connectivity index (χ4n) is 4.31. The van der Waals surface area contributed by atoms with Crippen LogP contribution < -0.4 is 10.6 Å². The van der Waals surface area contributed by atoms with E-state index in [1.165, 1.54) is 30.5 Å². The van der Waals surface area contributed by atoms with Gasteiger partial charge in [-0.15, -0.1) is 0 Å². The molecule has 0 aliphatic carbocycles. The Kier molecular flexibility index (Phi) is 6.55. The van der Waals surface area contributed by atoms with Gasteiger partial charge < -0.3 is 9.88 Å². The molecule has 0 radical (unpaired) electrons. The van der Waals surface area contributed by atoms with Crippen molar-refractivity contribution in [3.8, 4) is 11.4 Å². The molecule has 1 aliphatic heterocycles. The van der Waals surface area contributed by atoms with Crippen LogP contribution in [0, 0.1) is 6.92 Å². The van der Waals surface area contributed by atoms with E-state index in [-0.39, 0.29) is 0 Å². The first-order chi connectivity index (χ1) is 15.6. The lowest BCUT2D eigenvalue weighted by Gasteiger charge is -2.31. The van der Waals surface area contributed by atoms with Crippen molar-refractivity contribution in [3.63, 3.8) is 0 Å². The standard InChI is InChI=1S/C27H31N5/c1-5-11-26(32-14-8-7-9-15-32)22-17-25(29-20(22)4)27-23(24(6-2)30-31-27)16-19(3)21-12-10-13-28-18-21/h5-6,10-13,16-18,29-30H,1,3,7-9,14-15H2,2,4H3/b23-16+,24-6+,26-11+. The molecule has 3 aromatic rings. The molecule has 164 valence electrons. The maximum atomic E-state index is 4.65. The van der Waals surface area contributed by atoms with E-state index in [0.29, 0.717) is 0 Å². The number of hydrogen-bond donors (Lipinski definition) is 2. The number of nitrogens with one attached hydrogen (secondary N) is 2. The number of piperidine rings is 1. The highest BCUT2D eigenvalue weighted by Crippen LogP contribution is 2.29. The fraction of sp³-hybridized carbons (Fsp3) is 0.259. The minimum absolute atomic E-state index is 0.883. The number of H-pyrrole nitrogens is 2. The number of allylic oxidation sites excluding steroid dienone is 3. The molecule has 1 saturated heterocycles. The van der Waals surface area contributed by atoms with Gasteiger partial charge in [-0.25, -0.2) is 0 Å². The van der Waals surface area contributed by atoms with Crippen LogP contribution in [0.1, 0.15) is 43.0 Å². The summed E-state index contributed by atoms with van der Waals surface area (Å²) in [6, 6.07) is 6.15. The number of aryl methyl sites for hydroxylation is 1. The smallest absolute Gasteiger partial charge is 0.116 e. The Bertz CT molecular complexity index is 1250. The highest BCUT2D eigenvalue weighted by molar-refractivity contribution is 5.88. The van der Waals surface area contributed by atoms with E-state index in [1.807, 2.05) is 37.4 Å². The van der Waals surface area contributed by atoms with Gasteiger partial charge in [-0.2, -0.15) is 5.10 Å². The van der Waals surface area contributed by atoms with E-state index in [4.69, 9.17) is 0 Å². The summed E-state index contributed by atoms with van der Waals surface area (Å²) in [4.78, 5) is 10.3. The van der Waals surface area contributed by atoms with Gasteiger partial charge in [0, 0.05) is 47.7 Å². The molecular weight excluding hydrogens is 394 g/mol. The fourth-order valence-corrected chi connectivity index (χ4v) is 4.31. The molecule has 4 rings (SSSR count). The lowest BCUT2D eigenvalue weighted by Crippen LogP contribution is -2.28. The molecule has 0 atom stereocenters. The molecule has 4 heterocycles. The molecule has 5 heteroatoms. The zero-order chi connectivity index (χ0) is 22.5. The van der Waals surface area contributed by atoms with Crippen molar-refractivity contribution in [3.05, 3.63) is 83.3 Å². The number of likely N-dealkylation sites (tertiary alicyclic amines) is 1. The van der Waals surface area contributed by atoms with Crippen molar-refractivity contribution < 1.29 is 0 Å². The Labute approximate surface area is 189 Å². The first kappa shape index (κ1) is 21.6. The Hall–Kier alpha value is -3.60. The Morgan fingerprint density at radius 3 is 2.72 bits per heavy atom. The van der Waals surface area contributed by atoms with E-state index in [0.717, 1.165) is 51.9 Å². The van der Waals surface area contributed by atoms with Crippen LogP contribution in [-0.2, 0) is 0 Å². The van der Waals surface area contributed by atoms with Gasteiger partial charge >= 0.3 is 0 Å². The molecule has 1 aliphatic rings. The number of rotatable bonds is 6. The minimum atomic E-state index is 0.883. The van der Waals surface area contributed by atoms with Gasteiger partial charge in [-0.05, 0) is 68.5 Å². The second-order valence-electron chi connectivity index (χ2n) is 8.16.